The van der Waals surface area contributed by atoms with Crippen molar-refractivity contribution in [3.05, 3.63) is 24.3 Å². The van der Waals surface area contributed by atoms with Crippen LogP contribution in [0.3, 0.4) is 0 Å². The van der Waals surface area contributed by atoms with Crippen molar-refractivity contribution in [1.29, 1.82) is 0 Å². The van der Waals surface area contributed by atoms with E-state index < -0.39 is 0 Å². The molecule has 0 atom stereocenters. The Hall–Kier alpha value is -0.320. The maximum absolute atomic E-state index is 5.43. The standard InChI is InChI=1S/C10H16N2S2/c1-14(2)12-9-3-5-10(6-4-9)13-8-7-11/h3-6H,7-8,11H2,1-2H3. The van der Waals surface area contributed by atoms with Crippen LogP contribution in [-0.2, 0) is 10.7 Å². The van der Waals surface area contributed by atoms with Gasteiger partial charge in [-0.15, -0.1) is 22.5 Å². The van der Waals surface area contributed by atoms with Crippen LogP contribution >= 0.6 is 11.8 Å². The first-order valence-corrected chi connectivity index (χ1v) is 7.43. The molecule has 0 bridgehead atoms. The Morgan fingerprint density at radius 1 is 1.29 bits per heavy atom. The van der Waals surface area contributed by atoms with E-state index in [1.165, 1.54) is 4.90 Å². The van der Waals surface area contributed by atoms with Gasteiger partial charge in [0.25, 0.3) is 0 Å². The predicted octanol–water partition coefficient (Wildman–Crippen LogP) is 2.43. The second-order valence-corrected chi connectivity index (χ2v) is 5.89. The summed E-state index contributed by atoms with van der Waals surface area (Å²) in [6.07, 6.45) is 4.22. The van der Waals surface area contributed by atoms with E-state index in [2.05, 4.69) is 41.1 Å². The Morgan fingerprint density at radius 3 is 2.43 bits per heavy atom. The van der Waals surface area contributed by atoms with E-state index in [-0.39, 0.29) is 10.7 Å². The van der Waals surface area contributed by atoms with Gasteiger partial charge in [0.1, 0.15) is 0 Å². The molecule has 4 heteroatoms. The van der Waals surface area contributed by atoms with Crippen molar-refractivity contribution in [3.63, 3.8) is 0 Å². The molecular formula is C10H16N2S2. The van der Waals surface area contributed by atoms with Gasteiger partial charge < -0.3 is 5.73 Å². The van der Waals surface area contributed by atoms with E-state index in [9.17, 15) is 0 Å². The minimum absolute atomic E-state index is 0.120. The fourth-order valence-corrected chi connectivity index (χ4v) is 2.22. The highest BCUT2D eigenvalue weighted by molar-refractivity contribution is 7.99. The lowest BCUT2D eigenvalue weighted by molar-refractivity contribution is 1.15. The molecular weight excluding hydrogens is 212 g/mol. The third kappa shape index (κ3) is 4.26. The average Bonchev–Trinajstić information content (AvgIpc) is 2.16. The van der Waals surface area contributed by atoms with Crippen LogP contribution in [0.4, 0.5) is 5.69 Å². The van der Waals surface area contributed by atoms with Gasteiger partial charge in [0, 0.05) is 17.2 Å². The zero-order valence-corrected chi connectivity index (χ0v) is 10.2. The molecule has 14 heavy (non-hydrogen) atoms. The lowest BCUT2D eigenvalue weighted by atomic mass is 10.3. The maximum atomic E-state index is 5.43. The second kappa shape index (κ2) is 6.22. The molecule has 0 radical (unpaired) electrons. The van der Waals surface area contributed by atoms with Gasteiger partial charge in [-0.05, 0) is 36.8 Å². The smallest absolute Gasteiger partial charge is 0.0703 e. The molecule has 0 aromatic heterocycles. The van der Waals surface area contributed by atoms with Crippen molar-refractivity contribution < 1.29 is 0 Å². The Bertz CT molecular complexity index is 302. The van der Waals surface area contributed by atoms with Gasteiger partial charge in [-0.25, -0.2) is 4.36 Å². The van der Waals surface area contributed by atoms with E-state index in [1.54, 1.807) is 11.8 Å². The minimum Gasteiger partial charge on any atom is -0.330 e. The molecule has 0 spiro atoms. The SMILES string of the molecule is CS(C)=Nc1ccc(SCCN)cc1. The van der Waals surface area contributed by atoms with E-state index in [0.29, 0.717) is 0 Å². The van der Waals surface area contributed by atoms with Gasteiger partial charge in [0.05, 0.1) is 5.69 Å². The number of nitrogens with zero attached hydrogens (tertiary/aromatic N) is 1. The van der Waals surface area contributed by atoms with Gasteiger partial charge in [0.15, 0.2) is 0 Å². The summed E-state index contributed by atoms with van der Waals surface area (Å²) in [5, 5.41) is 0. The van der Waals surface area contributed by atoms with Gasteiger partial charge in [-0.3, -0.25) is 0 Å². The first-order chi connectivity index (χ1) is 6.72. The third-order valence-corrected chi connectivity index (χ3v) is 3.13. The zero-order valence-electron chi connectivity index (χ0n) is 8.56. The van der Waals surface area contributed by atoms with Gasteiger partial charge >= 0.3 is 0 Å². The molecule has 0 unspecified atom stereocenters. The van der Waals surface area contributed by atoms with Gasteiger partial charge in [0.2, 0.25) is 0 Å². The van der Waals surface area contributed by atoms with E-state index >= 15 is 0 Å². The third-order valence-electron chi connectivity index (χ3n) is 1.51. The Balaban J connectivity index is 2.64. The topological polar surface area (TPSA) is 38.4 Å². The molecule has 0 saturated heterocycles. The highest BCUT2D eigenvalue weighted by Gasteiger charge is 1.93. The molecule has 0 saturated carbocycles. The molecule has 0 heterocycles. The van der Waals surface area contributed by atoms with Gasteiger partial charge in [-0.2, -0.15) is 0 Å². The molecule has 0 aliphatic rings. The summed E-state index contributed by atoms with van der Waals surface area (Å²) in [6, 6.07) is 8.33. The lowest BCUT2D eigenvalue weighted by Gasteiger charge is -2.00. The van der Waals surface area contributed by atoms with Crippen LogP contribution in [0.2, 0.25) is 0 Å². The van der Waals surface area contributed by atoms with Crippen molar-refractivity contribution >= 4 is 28.1 Å². The Labute approximate surface area is 92.4 Å². The van der Waals surface area contributed by atoms with Crippen LogP contribution in [0, 0.1) is 0 Å². The van der Waals surface area contributed by atoms with Gasteiger partial charge in [-0.1, -0.05) is 0 Å². The van der Waals surface area contributed by atoms with E-state index in [1.807, 2.05) is 0 Å². The van der Waals surface area contributed by atoms with Crippen LogP contribution in [0.25, 0.3) is 0 Å². The quantitative estimate of drug-likeness (QED) is 0.804. The summed E-state index contributed by atoms with van der Waals surface area (Å²) in [5.41, 5.74) is 6.50. The number of hydrogen-bond acceptors (Lipinski definition) is 3. The van der Waals surface area contributed by atoms with Crippen LogP contribution < -0.4 is 5.73 Å². The summed E-state index contributed by atoms with van der Waals surface area (Å²) < 4.78 is 4.47. The molecule has 0 amide bonds. The van der Waals surface area contributed by atoms with Crippen molar-refractivity contribution in [2.75, 3.05) is 24.8 Å². The molecule has 0 aliphatic carbocycles. The summed E-state index contributed by atoms with van der Waals surface area (Å²) in [7, 11) is 0.120. The number of rotatable bonds is 4. The van der Waals surface area contributed by atoms with Crippen molar-refractivity contribution in [1.82, 2.24) is 0 Å². The van der Waals surface area contributed by atoms with E-state index in [4.69, 9.17) is 5.73 Å². The first-order valence-electron chi connectivity index (χ1n) is 4.45. The molecule has 1 rings (SSSR count). The van der Waals surface area contributed by atoms with Crippen molar-refractivity contribution in [2.24, 2.45) is 10.1 Å². The maximum Gasteiger partial charge on any atom is 0.0703 e. The predicted molar refractivity (Wildman–Crippen MR) is 67.5 cm³/mol. The summed E-state index contributed by atoms with van der Waals surface area (Å²) in [5.74, 6) is 0.975. The molecule has 1 aromatic rings. The molecule has 2 nitrogen and oxygen atoms in total. The number of benzene rings is 1. The van der Waals surface area contributed by atoms with Crippen molar-refractivity contribution in [3.8, 4) is 0 Å². The minimum atomic E-state index is 0.120. The number of nitrogens with two attached hydrogens (primary N) is 1. The number of hydrogen-bond donors (Lipinski definition) is 1. The fraction of sp³-hybridized carbons (Fsp3) is 0.400. The Kier molecular flexibility index (Phi) is 5.22. The largest absolute Gasteiger partial charge is 0.330 e. The van der Waals surface area contributed by atoms with Crippen molar-refractivity contribution in [2.45, 2.75) is 4.90 Å². The molecule has 0 fully saturated rings. The first kappa shape index (κ1) is 11.8. The molecule has 78 valence electrons. The molecule has 0 aliphatic heterocycles. The van der Waals surface area contributed by atoms with Crippen LogP contribution in [0.5, 0.6) is 0 Å². The molecule has 1 aromatic carbocycles. The lowest BCUT2D eigenvalue weighted by Crippen LogP contribution is -2.00. The zero-order chi connectivity index (χ0) is 10.4. The van der Waals surface area contributed by atoms with Crippen LogP contribution in [0.1, 0.15) is 0 Å². The van der Waals surface area contributed by atoms with Crippen LogP contribution in [-0.4, -0.2) is 24.8 Å². The van der Waals surface area contributed by atoms with Crippen LogP contribution in [0.15, 0.2) is 33.5 Å². The van der Waals surface area contributed by atoms with E-state index in [0.717, 1.165) is 18.0 Å². The summed E-state index contributed by atoms with van der Waals surface area (Å²) in [6.45, 7) is 0.726. The normalized spacial score (nSPS) is 10.6. The number of thioether (sulfide) groups is 1. The Morgan fingerprint density at radius 2 is 1.93 bits per heavy atom. The molecule has 2 N–H and O–H groups in total. The average molecular weight is 228 g/mol. The summed E-state index contributed by atoms with van der Waals surface area (Å²) in [4.78, 5) is 1.27. The monoisotopic (exact) mass is 228 g/mol. The highest BCUT2D eigenvalue weighted by atomic mass is 32.2. The second-order valence-electron chi connectivity index (χ2n) is 3.00. The fourth-order valence-electron chi connectivity index (χ4n) is 0.991. The highest BCUT2D eigenvalue weighted by Crippen LogP contribution is 2.21. The summed E-state index contributed by atoms with van der Waals surface area (Å²) >= 11 is 1.78.